The lowest BCUT2D eigenvalue weighted by molar-refractivity contribution is 0.101. The summed E-state index contributed by atoms with van der Waals surface area (Å²) >= 11 is 6.26. The van der Waals surface area contributed by atoms with Crippen molar-refractivity contribution in [2.24, 2.45) is 5.92 Å². The molecule has 2 bridgehead atoms. The number of allylic oxidation sites excluding steroid dienone is 1. The van der Waals surface area contributed by atoms with Gasteiger partial charge in [-0.15, -0.1) is 0 Å². The first-order chi connectivity index (χ1) is 16.5. The number of pyridine rings is 1. The molecule has 1 fully saturated rings. The fourth-order valence-electron chi connectivity index (χ4n) is 5.53. The van der Waals surface area contributed by atoms with Gasteiger partial charge in [0.05, 0.1) is 11.1 Å². The lowest BCUT2D eigenvalue weighted by Crippen LogP contribution is -2.46. The molecule has 0 aliphatic carbocycles. The number of halogens is 1. The number of hydrogen-bond acceptors (Lipinski definition) is 5. The predicted molar refractivity (Wildman–Crippen MR) is 129 cm³/mol. The molecule has 2 unspecified atom stereocenters. The van der Waals surface area contributed by atoms with Crippen LogP contribution in [0, 0.1) is 5.92 Å². The van der Waals surface area contributed by atoms with Crippen LogP contribution in [-0.2, 0) is 13.1 Å². The van der Waals surface area contributed by atoms with Crippen LogP contribution in [0.4, 0.5) is 0 Å². The van der Waals surface area contributed by atoms with Gasteiger partial charge in [-0.3, -0.25) is 14.5 Å². The Morgan fingerprint density at radius 1 is 1.03 bits per heavy atom. The van der Waals surface area contributed by atoms with Gasteiger partial charge in [-0.25, -0.2) is 0 Å². The summed E-state index contributed by atoms with van der Waals surface area (Å²) in [6.07, 6.45) is 2.70. The largest absolute Gasteiger partial charge is 0.507 e. The average Bonchev–Trinajstić information content (AvgIpc) is 3.13. The molecular formula is C27H23ClN2O4. The van der Waals surface area contributed by atoms with Gasteiger partial charge in [0.2, 0.25) is 5.78 Å². The Kier molecular flexibility index (Phi) is 5.08. The first kappa shape index (κ1) is 21.2. The minimum absolute atomic E-state index is 0.0592. The first-order valence-electron chi connectivity index (χ1n) is 11.4. The molecular weight excluding hydrogens is 452 g/mol. The first-order valence-corrected chi connectivity index (χ1v) is 11.8. The van der Waals surface area contributed by atoms with Crippen molar-refractivity contribution in [3.8, 4) is 11.5 Å². The van der Waals surface area contributed by atoms with Crippen LogP contribution in [0.1, 0.15) is 39.5 Å². The smallest absolute Gasteiger partial charge is 0.250 e. The number of carbonyl (C=O) groups excluding carboxylic acids is 1. The minimum atomic E-state index is -0.222. The monoisotopic (exact) mass is 474 g/mol. The molecule has 0 spiro atoms. The van der Waals surface area contributed by atoms with Crippen molar-refractivity contribution in [1.82, 2.24) is 9.47 Å². The van der Waals surface area contributed by atoms with Crippen LogP contribution >= 0.6 is 11.6 Å². The maximum Gasteiger partial charge on any atom is 0.250 e. The number of piperidine rings is 1. The standard InChI is InChI=1S/C27H23ClN2O4/c28-21-5-2-1-4-17(21)11-24-26(33)19-8-9-23(31)20(27(19)34-24)15-29-12-16-10-18(14-29)22-6-3-7-25(32)30(22)13-16/h1-9,11,16,18,31H,10,12-15H2/b24-11-. The zero-order valence-electron chi connectivity index (χ0n) is 18.4. The van der Waals surface area contributed by atoms with Gasteiger partial charge in [0, 0.05) is 48.9 Å². The van der Waals surface area contributed by atoms with E-state index in [-0.39, 0.29) is 28.8 Å². The van der Waals surface area contributed by atoms with Crippen LogP contribution in [0.2, 0.25) is 5.02 Å². The number of aromatic nitrogens is 1. The Hall–Kier alpha value is -3.35. The fraction of sp³-hybridized carbons (Fsp3) is 0.259. The summed E-state index contributed by atoms with van der Waals surface area (Å²) in [7, 11) is 0. The Labute approximate surface area is 201 Å². The number of phenolic OH excluding ortho intramolecular Hbond substituents is 1. The van der Waals surface area contributed by atoms with Gasteiger partial charge in [-0.1, -0.05) is 35.9 Å². The molecule has 2 atom stereocenters. The van der Waals surface area contributed by atoms with Crippen molar-refractivity contribution in [3.05, 3.63) is 98.1 Å². The van der Waals surface area contributed by atoms with Crippen LogP contribution in [0.3, 0.4) is 0 Å². The molecule has 1 N–H and O–H groups in total. The van der Waals surface area contributed by atoms with E-state index >= 15 is 0 Å². The summed E-state index contributed by atoms with van der Waals surface area (Å²) < 4.78 is 7.92. The van der Waals surface area contributed by atoms with Gasteiger partial charge < -0.3 is 14.4 Å². The number of rotatable bonds is 3. The van der Waals surface area contributed by atoms with Gasteiger partial charge >= 0.3 is 0 Å². The number of benzene rings is 2. The number of ether oxygens (including phenoxy) is 1. The van der Waals surface area contributed by atoms with E-state index in [9.17, 15) is 14.7 Å². The highest BCUT2D eigenvalue weighted by Crippen LogP contribution is 2.42. The van der Waals surface area contributed by atoms with E-state index in [1.165, 1.54) is 0 Å². The van der Waals surface area contributed by atoms with Crippen molar-refractivity contribution < 1.29 is 14.6 Å². The summed E-state index contributed by atoms with van der Waals surface area (Å²) in [5.41, 5.74) is 2.89. The second kappa shape index (κ2) is 8.15. The fourth-order valence-corrected chi connectivity index (χ4v) is 5.72. The van der Waals surface area contributed by atoms with Crippen LogP contribution in [0.25, 0.3) is 6.08 Å². The van der Waals surface area contributed by atoms with Crippen LogP contribution in [0.15, 0.2) is 65.2 Å². The summed E-state index contributed by atoms with van der Waals surface area (Å²) in [5, 5.41) is 11.2. The van der Waals surface area contributed by atoms with Crippen molar-refractivity contribution in [2.75, 3.05) is 13.1 Å². The second-order valence-electron chi connectivity index (χ2n) is 9.29. The molecule has 2 aromatic carbocycles. The zero-order chi connectivity index (χ0) is 23.4. The average molecular weight is 475 g/mol. The van der Waals surface area contributed by atoms with Crippen molar-refractivity contribution >= 4 is 23.5 Å². The molecule has 4 heterocycles. The van der Waals surface area contributed by atoms with E-state index in [2.05, 4.69) is 4.90 Å². The normalized spacial score (nSPS) is 22.4. The second-order valence-corrected chi connectivity index (χ2v) is 9.70. The van der Waals surface area contributed by atoms with E-state index in [0.717, 1.165) is 25.2 Å². The molecule has 3 aliphatic rings. The van der Waals surface area contributed by atoms with Gasteiger partial charge in [0.25, 0.3) is 5.56 Å². The number of phenols is 1. The van der Waals surface area contributed by atoms with Gasteiger partial charge in [0.1, 0.15) is 11.5 Å². The highest BCUT2D eigenvalue weighted by molar-refractivity contribution is 6.32. The number of fused-ring (bicyclic) bond motifs is 5. The molecule has 7 heteroatoms. The third-order valence-corrected chi connectivity index (χ3v) is 7.39. The van der Waals surface area contributed by atoms with Gasteiger partial charge in [-0.2, -0.15) is 0 Å². The number of Topliss-reactive ketones (excluding diaryl/α,β-unsaturated/α-hetero) is 1. The molecule has 34 heavy (non-hydrogen) atoms. The molecule has 172 valence electrons. The maximum absolute atomic E-state index is 13.0. The quantitative estimate of drug-likeness (QED) is 0.568. The van der Waals surface area contributed by atoms with Crippen LogP contribution < -0.4 is 10.3 Å². The Morgan fingerprint density at radius 2 is 1.88 bits per heavy atom. The topological polar surface area (TPSA) is 71.8 Å². The highest BCUT2D eigenvalue weighted by Gasteiger charge is 2.36. The van der Waals surface area contributed by atoms with E-state index in [4.69, 9.17) is 16.3 Å². The van der Waals surface area contributed by atoms with Crippen molar-refractivity contribution in [1.29, 1.82) is 0 Å². The number of likely N-dealkylation sites (tertiary alicyclic amines) is 1. The SMILES string of the molecule is O=C1/C(=C/c2ccccc2Cl)Oc2c1ccc(O)c2CN1CC2CC(C1)c1cccc(=O)n1C2. The van der Waals surface area contributed by atoms with Gasteiger partial charge in [0.15, 0.2) is 5.76 Å². The summed E-state index contributed by atoms with van der Waals surface area (Å²) in [4.78, 5) is 27.6. The molecule has 1 aromatic heterocycles. The predicted octanol–water partition coefficient (Wildman–Crippen LogP) is 4.44. The zero-order valence-corrected chi connectivity index (χ0v) is 19.2. The Morgan fingerprint density at radius 3 is 2.74 bits per heavy atom. The minimum Gasteiger partial charge on any atom is -0.507 e. The Bertz CT molecular complexity index is 1410. The molecule has 3 aliphatic heterocycles. The third kappa shape index (κ3) is 3.54. The molecule has 3 aromatic rings. The number of aromatic hydroxyl groups is 1. The van der Waals surface area contributed by atoms with E-state index in [1.54, 1.807) is 30.3 Å². The van der Waals surface area contributed by atoms with E-state index in [0.29, 0.717) is 46.5 Å². The summed E-state index contributed by atoms with van der Waals surface area (Å²) in [6.45, 7) is 2.77. The van der Waals surface area contributed by atoms with Crippen LogP contribution in [0.5, 0.6) is 11.5 Å². The Balaban J connectivity index is 1.29. The molecule has 6 rings (SSSR count). The molecule has 0 amide bonds. The summed E-state index contributed by atoms with van der Waals surface area (Å²) in [6, 6.07) is 15.9. The van der Waals surface area contributed by atoms with Crippen LogP contribution in [-0.4, -0.2) is 33.4 Å². The summed E-state index contributed by atoms with van der Waals surface area (Å²) in [5.74, 6) is 1.12. The van der Waals surface area contributed by atoms with E-state index in [1.807, 2.05) is 34.9 Å². The molecule has 0 saturated carbocycles. The lowest BCUT2D eigenvalue weighted by Gasteiger charge is -2.42. The number of ketones is 1. The van der Waals surface area contributed by atoms with E-state index < -0.39 is 0 Å². The third-order valence-electron chi connectivity index (χ3n) is 7.05. The number of nitrogens with zero attached hydrogens (tertiary/aromatic N) is 2. The molecule has 6 nitrogen and oxygen atoms in total. The molecule has 0 radical (unpaired) electrons. The van der Waals surface area contributed by atoms with Crippen molar-refractivity contribution in [3.63, 3.8) is 0 Å². The number of carbonyl (C=O) groups is 1. The maximum atomic E-state index is 13.0. The highest BCUT2D eigenvalue weighted by atomic mass is 35.5. The van der Waals surface area contributed by atoms with Gasteiger partial charge in [-0.05, 0) is 48.2 Å². The lowest BCUT2D eigenvalue weighted by atomic mass is 9.83. The number of hydrogen-bond donors (Lipinski definition) is 1. The van der Waals surface area contributed by atoms with Crippen molar-refractivity contribution in [2.45, 2.75) is 25.4 Å². The molecule has 1 saturated heterocycles.